The molecule has 2 rings (SSSR count). The molecule has 0 heterocycles. The second kappa shape index (κ2) is 5.59. The van der Waals surface area contributed by atoms with E-state index < -0.39 is 0 Å². The van der Waals surface area contributed by atoms with E-state index in [1.165, 1.54) is 13.8 Å². The average molecular weight is 264 g/mol. The van der Waals surface area contributed by atoms with Crippen molar-refractivity contribution in [3.8, 4) is 0 Å². The molecular formula is C15H20O4. The van der Waals surface area contributed by atoms with Crippen LogP contribution in [0.2, 0.25) is 0 Å². The second-order valence-corrected chi connectivity index (χ2v) is 5.27. The molecule has 0 aromatic rings. The van der Waals surface area contributed by atoms with E-state index in [0.29, 0.717) is 12.3 Å². The Bertz CT molecular complexity index is 412. The highest BCUT2D eigenvalue weighted by atomic mass is 16.6. The maximum atomic E-state index is 11.3. The first-order chi connectivity index (χ1) is 9.02. The molecule has 0 spiro atoms. The van der Waals surface area contributed by atoms with Gasteiger partial charge in [0.25, 0.3) is 0 Å². The maximum absolute atomic E-state index is 11.3. The van der Waals surface area contributed by atoms with E-state index in [4.69, 9.17) is 9.47 Å². The lowest BCUT2D eigenvalue weighted by Gasteiger charge is -2.33. The minimum atomic E-state index is -0.305. The molecule has 2 aliphatic rings. The minimum absolute atomic E-state index is 0.0424. The first-order valence-corrected chi connectivity index (χ1v) is 6.66. The number of esters is 2. The van der Waals surface area contributed by atoms with Gasteiger partial charge in [-0.2, -0.15) is 0 Å². The van der Waals surface area contributed by atoms with Crippen LogP contribution in [0, 0.1) is 17.8 Å². The van der Waals surface area contributed by atoms with Crippen molar-refractivity contribution >= 4 is 11.9 Å². The highest BCUT2D eigenvalue weighted by Gasteiger charge is 2.50. The Kier molecular flexibility index (Phi) is 4.08. The quantitative estimate of drug-likeness (QED) is 0.564. The summed E-state index contributed by atoms with van der Waals surface area (Å²) in [5, 5.41) is 0. The van der Waals surface area contributed by atoms with Crippen LogP contribution in [0.3, 0.4) is 0 Å². The molecule has 1 unspecified atom stereocenters. The van der Waals surface area contributed by atoms with Crippen LogP contribution >= 0.6 is 0 Å². The summed E-state index contributed by atoms with van der Waals surface area (Å²) >= 11 is 0. The van der Waals surface area contributed by atoms with E-state index in [-0.39, 0.29) is 36.0 Å². The number of rotatable bonds is 5. The molecule has 1 saturated carbocycles. The van der Waals surface area contributed by atoms with Gasteiger partial charge in [0.2, 0.25) is 0 Å². The molecule has 1 fully saturated rings. The van der Waals surface area contributed by atoms with Crippen molar-refractivity contribution in [2.75, 3.05) is 0 Å². The number of hydrogen-bond acceptors (Lipinski definition) is 4. The molecule has 104 valence electrons. The number of carbonyl (C=O) groups is 2. The van der Waals surface area contributed by atoms with Gasteiger partial charge in [0.05, 0.1) is 0 Å². The molecule has 2 bridgehead atoms. The standard InChI is InChI=1S/C15H20O4/c1-4-5-13(18-9(2)16)14-11-6-7-12(8-11)15(14)19-10(3)17/h4,6-7,11-15H,1,5,8H2,2-3H3/t11-,12+,13?,14+,15+/m1/s1. The number of fused-ring (bicyclic) bond motifs is 2. The molecule has 0 aliphatic heterocycles. The van der Waals surface area contributed by atoms with Crippen molar-refractivity contribution in [2.24, 2.45) is 17.8 Å². The van der Waals surface area contributed by atoms with Crippen LogP contribution in [-0.4, -0.2) is 24.1 Å². The third kappa shape index (κ3) is 2.88. The van der Waals surface area contributed by atoms with Gasteiger partial charge >= 0.3 is 11.9 Å². The highest BCUT2D eigenvalue weighted by molar-refractivity contribution is 5.67. The lowest BCUT2D eigenvalue weighted by Crippen LogP contribution is -2.39. The van der Waals surface area contributed by atoms with Crippen LogP contribution in [0.5, 0.6) is 0 Å². The fraction of sp³-hybridized carbons (Fsp3) is 0.600. The van der Waals surface area contributed by atoms with Gasteiger partial charge in [-0.1, -0.05) is 18.2 Å². The van der Waals surface area contributed by atoms with Gasteiger partial charge < -0.3 is 9.47 Å². The monoisotopic (exact) mass is 264 g/mol. The molecule has 0 N–H and O–H groups in total. The molecule has 2 aliphatic carbocycles. The Morgan fingerprint density at radius 2 is 2.00 bits per heavy atom. The zero-order valence-corrected chi connectivity index (χ0v) is 11.4. The molecular weight excluding hydrogens is 244 g/mol. The van der Waals surface area contributed by atoms with Gasteiger partial charge in [-0.3, -0.25) is 9.59 Å². The Morgan fingerprint density at radius 3 is 2.58 bits per heavy atom. The Labute approximate surface area is 113 Å². The SMILES string of the molecule is C=CCC(OC(C)=O)[C@H]1[C@@H](OC(C)=O)[C@H]2C=C[C@@H]1C2. The Hall–Kier alpha value is -1.58. The molecule has 0 amide bonds. The lowest BCUT2D eigenvalue weighted by atomic mass is 9.84. The number of hydrogen-bond donors (Lipinski definition) is 0. The van der Waals surface area contributed by atoms with E-state index >= 15 is 0 Å². The summed E-state index contributed by atoms with van der Waals surface area (Å²) in [7, 11) is 0. The van der Waals surface area contributed by atoms with Crippen LogP contribution in [0.15, 0.2) is 24.8 Å². The lowest BCUT2D eigenvalue weighted by molar-refractivity contribution is -0.159. The second-order valence-electron chi connectivity index (χ2n) is 5.27. The smallest absolute Gasteiger partial charge is 0.302 e. The molecule has 0 aromatic carbocycles. The summed E-state index contributed by atoms with van der Waals surface area (Å²) in [5.41, 5.74) is 0. The van der Waals surface area contributed by atoms with E-state index in [0.717, 1.165) is 6.42 Å². The van der Waals surface area contributed by atoms with Crippen molar-refractivity contribution < 1.29 is 19.1 Å². The topological polar surface area (TPSA) is 52.6 Å². The zero-order valence-electron chi connectivity index (χ0n) is 11.4. The molecule has 0 saturated heterocycles. The van der Waals surface area contributed by atoms with Gasteiger partial charge in [0.15, 0.2) is 0 Å². The van der Waals surface area contributed by atoms with Gasteiger partial charge in [0, 0.05) is 32.1 Å². The summed E-state index contributed by atoms with van der Waals surface area (Å²) in [6.45, 7) is 6.53. The van der Waals surface area contributed by atoms with Gasteiger partial charge in [-0.05, 0) is 12.3 Å². The molecule has 0 radical (unpaired) electrons. The predicted molar refractivity (Wildman–Crippen MR) is 70.1 cm³/mol. The van der Waals surface area contributed by atoms with Crippen molar-refractivity contribution in [2.45, 2.75) is 38.9 Å². The highest BCUT2D eigenvalue weighted by Crippen LogP contribution is 2.48. The largest absolute Gasteiger partial charge is 0.462 e. The van der Waals surface area contributed by atoms with E-state index in [9.17, 15) is 9.59 Å². The number of ether oxygens (including phenoxy) is 2. The van der Waals surface area contributed by atoms with Crippen molar-refractivity contribution in [3.63, 3.8) is 0 Å². The van der Waals surface area contributed by atoms with Crippen molar-refractivity contribution in [1.82, 2.24) is 0 Å². The van der Waals surface area contributed by atoms with Crippen LogP contribution in [0.1, 0.15) is 26.7 Å². The summed E-state index contributed by atoms with van der Waals surface area (Å²) in [6.07, 6.45) is 7.10. The predicted octanol–water partition coefficient (Wildman–Crippen LogP) is 2.25. The minimum Gasteiger partial charge on any atom is -0.462 e. The molecule has 19 heavy (non-hydrogen) atoms. The third-order valence-electron chi connectivity index (χ3n) is 3.89. The molecule has 0 aromatic heterocycles. The Balaban J connectivity index is 2.17. The van der Waals surface area contributed by atoms with Gasteiger partial charge in [-0.25, -0.2) is 0 Å². The summed E-state index contributed by atoms with van der Waals surface area (Å²) in [4.78, 5) is 22.5. The van der Waals surface area contributed by atoms with Crippen LogP contribution < -0.4 is 0 Å². The van der Waals surface area contributed by atoms with Gasteiger partial charge in [-0.15, -0.1) is 6.58 Å². The fourth-order valence-electron chi connectivity index (χ4n) is 3.32. The normalized spacial score (nSPS) is 32.9. The first-order valence-electron chi connectivity index (χ1n) is 6.66. The van der Waals surface area contributed by atoms with Crippen LogP contribution in [-0.2, 0) is 19.1 Å². The van der Waals surface area contributed by atoms with Crippen LogP contribution in [0.25, 0.3) is 0 Å². The van der Waals surface area contributed by atoms with E-state index in [1.54, 1.807) is 6.08 Å². The van der Waals surface area contributed by atoms with Crippen molar-refractivity contribution in [1.29, 1.82) is 0 Å². The average Bonchev–Trinajstić information content (AvgIpc) is 2.87. The van der Waals surface area contributed by atoms with Gasteiger partial charge in [0.1, 0.15) is 12.2 Å². The number of carbonyl (C=O) groups excluding carboxylic acids is 2. The first kappa shape index (κ1) is 13.8. The summed E-state index contributed by atoms with van der Waals surface area (Å²) in [5.74, 6) is 0.0255. The molecule has 5 atom stereocenters. The molecule has 4 heteroatoms. The summed E-state index contributed by atoms with van der Waals surface area (Å²) in [6, 6.07) is 0. The van der Waals surface area contributed by atoms with E-state index in [1.807, 2.05) is 0 Å². The maximum Gasteiger partial charge on any atom is 0.302 e. The van der Waals surface area contributed by atoms with Crippen LogP contribution in [0.4, 0.5) is 0 Å². The van der Waals surface area contributed by atoms with E-state index in [2.05, 4.69) is 18.7 Å². The van der Waals surface area contributed by atoms with Crippen molar-refractivity contribution in [3.05, 3.63) is 24.8 Å². The zero-order chi connectivity index (χ0) is 14.0. The number of allylic oxidation sites excluding steroid dienone is 1. The fourth-order valence-corrected chi connectivity index (χ4v) is 3.32. The third-order valence-corrected chi connectivity index (χ3v) is 3.89. The Morgan fingerprint density at radius 1 is 1.32 bits per heavy atom. The molecule has 4 nitrogen and oxygen atoms in total. The summed E-state index contributed by atoms with van der Waals surface area (Å²) < 4.78 is 10.9.